The average Bonchev–Trinajstić information content (AvgIpc) is 2.43. The van der Waals surface area contributed by atoms with E-state index in [-0.39, 0.29) is 18.5 Å². The van der Waals surface area contributed by atoms with Gasteiger partial charge < -0.3 is 14.7 Å². The summed E-state index contributed by atoms with van der Waals surface area (Å²) in [4.78, 5) is 37.1. The summed E-state index contributed by atoms with van der Waals surface area (Å²) in [6, 6.07) is 4.84. The van der Waals surface area contributed by atoms with Gasteiger partial charge in [0.05, 0.1) is 28.6 Å². The number of benzene rings is 1. The number of rotatable bonds is 1. The number of aromatic amines is 1. The molecule has 0 spiro atoms. The molecule has 7 heteroatoms. The first-order valence-electron chi connectivity index (χ1n) is 5.96. The number of H-pyrrole nitrogens is 1. The number of carboxylic acid groups (broad SMARTS) is 1. The molecule has 0 saturated carbocycles. The number of hydrogen-bond acceptors (Lipinski definition) is 4. The predicted octanol–water partition coefficient (Wildman–Crippen LogP) is 0.133. The Morgan fingerprint density at radius 2 is 2.20 bits per heavy atom. The summed E-state index contributed by atoms with van der Waals surface area (Å²) in [5, 5.41) is 18.3. The third kappa shape index (κ3) is 1.55. The first-order valence-corrected chi connectivity index (χ1v) is 5.96. The molecule has 1 aromatic carbocycles. The van der Waals surface area contributed by atoms with Crippen LogP contribution in [0.2, 0.25) is 0 Å². The lowest BCUT2D eigenvalue weighted by Gasteiger charge is -2.23. The minimum absolute atomic E-state index is 0.176. The fourth-order valence-electron chi connectivity index (χ4n) is 2.67. The summed E-state index contributed by atoms with van der Waals surface area (Å²) in [6.07, 6.45) is 0.218. The fraction of sp³-hybridized carbons (Fsp3) is 0.231. The van der Waals surface area contributed by atoms with Gasteiger partial charge in [-0.1, -0.05) is 0 Å². The van der Waals surface area contributed by atoms with Gasteiger partial charge in [-0.05, 0) is 24.1 Å². The lowest BCUT2D eigenvalue weighted by atomic mass is 9.90. The van der Waals surface area contributed by atoms with E-state index >= 15 is 0 Å². The molecule has 2 heterocycles. The maximum absolute atomic E-state index is 11.8. The highest BCUT2D eigenvalue weighted by atomic mass is 16.4. The number of aromatic nitrogens is 2. The van der Waals surface area contributed by atoms with E-state index in [0.29, 0.717) is 16.6 Å². The maximum atomic E-state index is 11.8. The average molecular weight is 271 g/mol. The summed E-state index contributed by atoms with van der Waals surface area (Å²) in [7, 11) is 0. The van der Waals surface area contributed by atoms with Crippen LogP contribution in [0, 0.1) is 11.3 Å². The van der Waals surface area contributed by atoms with Gasteiger partial charge in [0.1, 0.15) is 0 Å². The zero-order valence-corrected chi connectivity index (χ0v) is 10.2. The number of nitriles is 1. The first-order chi connectivity index (χ1) is 9.52. The Hall–Kier alpha value is -2.88. The van der Waals surface area contributed by atoms with Crippen molar-refractivity contribution in [3.63, 3.8) is 0 Å². The van der Waals surface area contributed by atoms with Gasteiger partial charge in [0.15, 0.2) is 0 Å². The molecule has 7 nitrogen and oxygen atoms in total. The molecule has 2 aromatic rings. The van der Waals surface area contributed by atoms with Crippen LogP contribution < -0.4 is 11.1 Å². The van der Waals surface area contributed by atoms with Gasteiger partial charge in [-0.3, -0.25) is 14.4 Å². The zero-order valence-electron chi connectivity index (χ0n) is 10.2. The van der Waals surface area contributed by atoms with E-state index < -0.39 is 23.0 Å². The molecule has 1 aromatic heterocycles. The van der Waals surface area contributed by atoms with Crippen molar-refractivity contribution in [2.24, 2.45) is 0 Å². The molecular weight excluding hydrogens is 262 g/mol. The lowest BCUT2D eigenvalue weighted by molar-refractivity contribution is -0.139. The second-order valence-electron chi connectivity index (χ2n) is 4.66. The van der Waals surface area contributed by atoms with Crippen molar-refractivity contribution in [1.82, 2.24) is 9.55 Å². The Bertz CT molecular complexity index is 901. The molecule has 0 amide bonds. The van der Waals surface area contributed by atoms with Gasteiger partial charge in [0, 0.05) is 6.54 Å². The van der Waals surface area contributed by atoms with Crippen LogP contribution in [0.15, 0.2) is 21.7 Å². The van der Waals surface area contributed by atoms with Gasteiger partial charge in [0.2, 0.25) is 0 Å². The molecule has 100 valence electrons. The summed E-state index contributed by atoms with van der Waals surface area (Å²) >= 11 is 0. The third-order valence-electron chi connectivity index (χ3n) is 3.54. The second-order valence-corrected chi connectivity index (χ2v) is 4.66. The van der Waals surface area contributed by atoms with E-state index in [1.54, 1.807) is 0 Å². The monoisotopic (exact) mass is 271 g/mol. The number of nitrogens with zero attached hydrogens (tertiary/aromatic N) is 2. The minimum atomic E-state index is -1.01. The molecule has 0 aliphatic carbocycles. The van der Waals surface area contributed by atoms with Gasteiger partial charge in [-0.2, -0.15) is 5.26 Å². The molecule has 3 rings (SSSR count). The Labute approximate surface area is 111 Å². The van der Waals surface area contributed by atoms with Gasteiger partial charge >= 0.3 is 17.1 Å². The highest BCUT2D eigenvalue weighted by Gasteiger charge is 2.29. The van der Waals surface area contributed by atoms with Crippen LogP contribution in [-0.4, -0.2) is 20.6 Å². The van der Waals surface area contributed by atoms with Crippen molar-refractivity contribution in [1.29, 1.82) is 5.26 Å². The summed E-state index contributed by atoms with van der Waals surface area (Å²) in [6.45, 7) is 0.176. The number of carboxylic acids is 1. The second kappa shape index (κ2) is 4.06. The molecule has 1 unspecified atom stereocenters. The molecule has 1 atom stereocenters. The van der Waals surface area contributed by atoms with E-state index in [4.69, 9.17) is 5.26 Å². The molecule has 0 bridgehead atoms. The van der Waals surface area contributed by atoms with Crippen molar-refractivity contribution < 1.29 is 9.90 Å². The normalized spacial score (nSPS) is 16.9. The summed E-state index contributed by atoms with van der Waals surface area (Å²) in [5.41, 5.74) is -0.117. The van der Waals surface area contributed by atoms with Gasteiger partial charge in [-0.25, -0.2) is 0 Å². The van der Waals surface area contributed by atoms with Crippen LogP contribution in [0.4, 0.5) is 0 Å². The van der Waals surface area contributed by atoms with E-state index in [9.17, 15) is 19.5 Å². The topological polar surface area (TPSA) is 116 Å². The smallest absolute Gasteiger partial charge is 0.316 e. The van der Waals surface area contributed by atoms with Crippen LogP contribution in [0.25, 0.3) is 11.0 Å². The minimum Gasteiger partial charge on any atom is -0.481 e. The molecule has 0 saturated heterocycles. The molecule has 0 radical (unpaired) electrons. The van der Waals surface area contributed by atoms with Crippen LogP contribution in [0.5, 0.6) is 0 Å². The zero-order chi connectivity index (χ0) is 14.4. The van der Waals surface area contributed by atoms with Crippen LogP contribution in [0.3, 0.4) is 0 Å². The summed E-state index contributed by atoms with van der Waals surface area (Å²) < 4.78 is 1.28. The van der Waals surface area contributed by atoms with E-state index in [2.05, 4.69) is 4.98 Å². The lowest BCUT2D eigenvalue weighted by Crippen LogP contribution is -2.39. The van der Waals surface area contributed by atoms with E-state index in [1.165, 1.54) is 16.7 Å². The van der Waals surface area contributed by atoms with E-state index in [1.807, 2.05) is 6.07 Å². The van der Waals surface area contributed by atoms with Crippen LogP contribution in [-0.2, 0) is 11.3 Å². The highest BCUT2D eigenvalue weighted by molar-refractivity contribution is 5.88. The summed E-state index contributed by atoms with van der Waals surface area (Å²) in [5.74, 6) is -1.79. The van der Waals surface area contributed by atoms with Crippen molar-refractivity contribution >= 4 is 17.0 Å². The van der Waals surface area contributed by atoms with Gasteiger partial charge in [0.25, 0.3) is 0 Å². The molecule has 20 heavy (non-hydrogen) atoms. The number of hydrogen-bond donors (Lipinski definition) is 2. The number of aryl methyl sites for hydroxylation is 1. The number of aliphatic carboxylic acids is 1. The van der Waals surface area contributed by atoms with Crippen molar-refractivity contribution in [3.05, 3.63) is 44.0 Å². The van der Waals surface area contributed by atoms with Crippen LogP contribution in [0.1, 0.15) is 23.5 Å². The molecule has 1 aliphatic heterocycles. The van der Waals surface area contributed by atoms with Crippen molar-refractivity contribution in [2.45, 2.75) is 18.9 Å². The number of carbonyl (C=O) groups is 1. The molecular formula is C13H9N3O4. The Morgan fingerprint density at radius 3 is 2.85 bits per heavy atom. The Kier molecular flexibility index (Phi) is 2.47. The Balaban J connectivity index is 2.52. The molecule has 2 N–H and O–H groups in total. The largest absolute Gasteiger partial charge is 0.481 e. The fourth-order valence-corrected chi connectivity index (χ4v) is 2.67. The Morgan fingerprint density at radius 1 is 1.45 bits per heavy atom. The van der Waals surface area contributed by atoms with E-state index in [0.717, 1.165) is 0 Å². The standard InChI is InChI=1S/C13H9N3O4/c14-5-6-3-8-7(13(19)20)1-2-16-10(8)9(4-6)15-11(17)12(16)18/h3-4,7H,1-2H2,(H,15,17)(H,19,20). The highest BCUT2D eigenvalue weighted by Crippen LogP contribution is 2.32. The quantitative estimate of drug-likeness (QED) is 0.715. The third-order valence-corrected chi connectivity index (χ3v) is 3.54. The number of nitrogens with one attached hydrogen (secondary N) is 1. The van der Waals surface area contributed by atoms with Crippen molar-refractivity contribution in [3.8, 4) is 6.07 Å². The first kappa shape index (κ1) is 12.2. The SMILES string of the molecule is N#Cc1cc2c3c(c1)[nH]c(=O)c(=O)n3CCC2C(=O)O. The predicted molar refractivity (Wildman–Crippen MR) is 68.5 cm³/mol. The maximum Gasteiger partial charge on any atom is 0.316 e. The van der Waals surface area contributed by atoms with Crippen LogP contribution >= 0.6 is 0 Å². The van der Waals surface area contributed by atoms with Crippen molar-refractivity contribution in [2.75, 3.05) is 0 Å². The van der Waals surface area contributed by atoms with Gasteiger partial charge in [-0.15, -0.1) is 0 Å². The molecule has 1 aliphatic rings. The molecule has 0 fully saturated rings.